The van der Waals surface area contributed by atoms with Crippen LogP contribution >= 0.6 is 0 Å². The SMILES string of the molecule is O=C1c2ccccc2N[C@H](c2ccc3c(c2)OCCO3)N1C1CCCC1. The quantitative estimate of drug-likeness (QED) is 0.890. The molecular weight excluding hydrogens is 328 g/mol. The van der Waals surface area contributed by atoms with E-state index in [1.807, 2.05) is 47.4 Å². The molecule has 0 saturated heterocycles. The summed E-state index contributed by atoms with van der Waals surface area (Å²) in [6, 6.07) is 14.0. The maximum atomic E-state index is 13.3. The molecule has 1 saturated carbocycles. The zero-order chi connectivity index (χ0) is 17.5. The minimum Gasteiger partial charge on any atom is -0.486 e. The Labute approximate surface area is 152 Å². The van der Waals surface area contributed by atoms with Gasteiger partial charge in [0, 0.05) is 11.7 Å². The molecular formula is C21H22N2O3. The number of hydrogen-bond acceptors (Lipinski definition) is 4. The van der Waals surface area contributed by atoms with Crippen LogP contribution in [0.5, 0.6) is 11.5 Å². The van der Waals surface area contributed by atoms with E-state index in [2.05, 4.69) is 5.32 Å². The molecule has 1 fully saturated rings. The first kappa shape index (κ1) is 15.6. The molecule has 0 unspecified atom stereocenters. The summed E-state index contributed by atoms with van der Waals surface area (Å²) in [5.74, 6) is 1.65. The molecule has 0 spiro atoms. The number of rotatable bonds is 2. The third kappa shape index (κ3) is 2.50. The Morgan fingerprint density at radius 2 is 1.73 bits per heavy atom. The summed E-state index contributed by atoms with van der Waals surface area (Å²) < 4.78 is 11.4. The second-order valence-corrected chi connectivity index (χ2v) is 7.15. The first-order chi connectivity index (χ1) is 12.8. The topological polar surface area (TPSA) is 50.8 Å². The van der Waals surface area contributed by atoms with E-state index in [1.165, 1.54) is 12.8 Å². The number of anilines is 1. The second kappa shape index (κ2) is 6.24. The Bertz CT molecular complexity index is 845. The summed E-state index contributed by atoms with van der Waals surface area (Å²) in [6.45, 7) is 1.14. The molecule has 1 N–H and O–H groups in total. The highest BCUT2D eigenvalue weighted by Crippen LogP contribution is 2.41. The Hall–Kier alpha value is -2.69. The first-order valence-electron chi connectivity index (χ1n) is 9.39. The number of para-hydroxylation sites is 1. The number of nitrogens with one attached hydrogen (secondary N) is 1. The molecule has 1 aliphatic carbocycles. The van der Waals surface area contributed by atoms with Gasteiger partial charge >= 0.3 is 0 Å². The molecule has 3 aliphatic rings. The average Bonchev–Trinajstić information content (AvgIpc) is 3.22. The molecule has 134 valence electrons. The summed E-state index contributed by atoms with van der Waals surface area (Å²) in [7, 11) is 0. The number of carbonyl (C=O) groups excluding carboxylic acids is 1. The molecule has 5 heteroatoms. The van der Waals surface area contributed by atoms with Gasteiger partial charge in [0.25, 0.3) is 5.91 Å². The monoisotopic (exact) mass is 350 g/mol. The van der Waals surface area contributed by atoms with E-state index in [9.17, 15) is 4.79 Å². The lowest BCUT2D eigenvalue weighted by Gasteiger charge is -2.42. The van der Waals surface area contributed by atoms with Gasteiger partial charge in [-0.1, -0.05) is 31.0 Å². The Morgan fingerprint density at radius 1 is 0.962 bits per heavy atom. The minimum atomic E-state index is -0.184. The summed E-state index contributed by atoms with van der Waals surface area (Å²) >= 11 is 0. The normalized spacial score (nSPS) is 22.1. The molecule has 2 heterocycles. The van der Waals surface area contributed by atoms with Crippen molar-refractivity contribution in [3.8, 4) is 11.5 Å². The molecule has 5 rings (SSSR count). The summed E-state index contributed by atoms with van der Waals surface area (Å²) in [4.78, 5) is 15.3. The molecule has 1 atom stereocenters. The fourth-order valence-electron chi connectivity index (χ4n) is 4.30. The minimum absolute atomic E-state index is 0.117. The third-order valence-corrected chi connectivity index (χ3v) is 5.56. The molecule has 2 aliphatic heterocycles. The van der Waals surface area contributed by atoms with E-state index in [4.69, 9.17) is 9.47 Å². The van der Waals surface area contributed by atoms with E-state index in [0.717, 1.165) is 41.2 Å². The Kier molecular flexibility index (Phi) is 3.73. The van der Waals surface area contributed by atoms with Gasteiger partial charge in [-0.05, 0) is 42.7 Å². The van der Waals surface area contributed by atoms with Crippen molar-refractivity contribution in [2.24, 2.45) is 0 Å². The van der Waals surface area contributed by atoms with Crippen molar-refractivity contribution in [1.29, 1.82) is 0 Å². The second-order valence-electron chi connectivity index (χ2n) is 7.15. The van der Waals surface area contributed by atoms with Crippen LogP contribution in [0, 0.1) is 0 Å². The fraction of sp³-hybridized carbons (Fsp3) is 0.381. The predicted molar refractivity (Wildman–Crippen MR) is 98.7 cm³/mol. The van der Waals surface area contributed by atoms with E-state index < -0.39 is 0 Å². The zero-order valence-electron chi connectivity index (χ0n) is 14.6. The number of fused-ring (bicyclic) bond motifs is 2. The van der Waals surface area contributed by atoms with Crippen LogP contribution in [0.2, 0.25) is 0 Å². The van der Waals surface area contributed by atoms with Crippen LogP contribution < -0.4 is 14.8 Å². The molecule has 0 aromatic heterocycles. The van der Waals surface area contributed by atoms with E-state index in [0.29, 0.717) is 13.2 Å². The zero-order valence-corrected chi connectivity index (χ0v) is 14.6. The van der Waals surface area contributed by atoms with Crippen LogP contribution in [0.3, 0.4) is 0 Å². The molecule has 2 aromatic carbocycles. The van der Waals surface area contributed by atoms with Gasteiger partial charge < -0.3 is 19.7 Å². The van der Waals surface area contributed by atoms with Gasteiger partial charge in [-0.2, -0.15) is 0 Å². The van der Waals surface area contributed by atoms with E-state index in [1.54, 1.807) is 0 Å². The summed E-state index contributed by atoms with van der Waals surface area (Å²) in [5, 5.41) is 3.59. The van der Waals surface area contributed by atoms with Crippen LogP contribution in [0.25, 0.3) is 0 Å². The maximum absolute atomic E-state index is 13.3. The molecule has 26 heavy (non-hydrogen) atoms. The van der Waals surface area contributed by atoms with Crippen molar-refractivity contribution in [1.82, 2.24) is 4.90 Å². The lowest BCUT2D eigenvalue weighted by atomic mass is 10.00. The maximum Gasteiger partial charge on any atom is 0.258 e. The number of carbonyl (C=O) groups is 1. The lowest BCUT2D eigenvalue weighted by molar-refractivity contribution is 0.0584. The smallest absolute Gasteiger partial charge is 0.258 e. The molecule has 2 aromatic rings. The fourth-order valence-corrected chi connectivity index (χ4v) is 4.30. The lowest BCUT2D eigenvalue weighted by Crippen LogP contribution is -2.47. The highest BCUT2D eigenvalue weighted by atomic mass is 16.6. The van der Waals surface area contributed by atoms with Gasteiger partial charge in [0.1, 0.15) is 19.4 Å². The van der Waals surface area contributed by atoms with Gasteiger partial charge in [-0.15, -0.1) is 0 Å². The van der Waals surface area contributed by atoms with Crippen LogP contribution in [-0.2, 0) is 0 Å². The number of amides is 1. The molecule has 0 bridgehead atoms. The highest BCUT2D eigenvalue weighted by molar-refractivity contribution is 6.02. The van der Waals surface area contributed by atoms with Crippen molar-refractivity contribution in [3.63, 3.8) is 0 Å². The molecule has 0 radical (unpaired) electrons. The van der Waals surface area contributed by atoms with Crippen LogP contribution in [0.1, 0.15) is 47.8 Å². The van der Waals surface area contributed by atoms with Crippen molar-refractivity contribution in [2.75, 3.05) is 18.5 Å². The average molecular weight is 350 g/mol. The highest BCUT2D eigenvalue weighted by Gasteiger charge is 2.38. The van der Waals surface area contributed by atoms with Gasteiger partial charge in [-0.25, -0.2) is 0 Å². The number of hydrogen-bond donors (Lipinski definition) is 1. The van der Waals surface area contributed by atoms with E-state index in [-0.39, 0.29) is 18.1 Å². The van der Waals surface area contributed by atoms with Crippen LogP contribution in [0.15, 0.2) is 42.5 Å². The predicted octanol–water partition coefficient (Wildman–Crippen LogP) is 3.97. The summed E-state index contributed by atoms with van der Waals surface area (Å²) in [5.41, 5.74) is 2.68. The Balaban J connectivity index is 1.57. The van der Waals surface area contributed by atoms with Crippen LogP contribution in [0.4, 0.5) is 5.69 Å². The number of benzene rings is 2. The third-order valence-electron chi connectivity index (χ3n) is 5.56. The van der Waals surface area contributed by atoms with Crippen molar-refractivity contribution < 1.29 is 14.3 Å². The Morgan fingerprint density at radius 3 is 2.58 bits per heavy atom. The van der Waals surface area contributed by atoms with Gasteiger partial charge in [0.15, 0.2) is 11.5 Å². The van der Waals surface area contributed by atoms with Crippen molar-refractivity contribution >= 4 is 11.6 Å². The van der Waals surface area contributed by atoms with Crippen LogP contribution in [-0.4, -0.2) is 30.1 Å². The number of ether oxygens (including phenoxy) is 2. The molecule has 1 amide bonds. The first-order valence-corrected chi connectivity index (χ1v) is 9.39. The van der Waals surface area contributed by atoms with Crippen molar-refractivity contribution in [2.45, 2.75) is 37.9 Å². The number of nitrogens with zero attached hydrogens (tertiary/aromatic N) is 1. The van der Waals surface area contributed by atoms with Gasteiger partial charge in [-0.3, -0.25) is 4.79 Å². The standard InChI is InChI=1S/C21H22N2O3/c24-21-16-7-3-4-8-17(16)22-20(23(21)15-5-1-2-6-15)14-9-10-18-19(13-14)26-12-11-25-18/h3-4,7-10,13,15,20,22H,1-2,5-6,11-12H2/t20-/m0/s1. The van der Waals surface area contributed by atoms with Gasteiger partial charge in [0.2, 0.25) is 0 Å². The largest absolute Gasteiger partial charge is 0.486 e. The molecule has 5 nitrogen and oxygen atoms in total. The van der Waals surface area contributed by atoms with Gasteiger partial charge in [0.05, 0.1) is 5.56 Å². The van der Waals surface area contributed by atoms with E-state index >= 15 is 0 Å². The summed E-state index contributed by atoms with van der Waals surface area (Å²) in [6.07, 6.45) is 4.32. The van der Waals surface area contributed by atoms with Crippen molar-refractivity contribution in [3.05, 3.63) is 53.6 Å².